The van der Waals surface area contributed by atoms with Crippen LogP contribution in [0.2, 0.25) is 5.02 Å². The Morgan fingerprint density at radius 3 is 2.82 bits per heavy atom. The fourth-order valence-corrected chi connectivity index (χ4v) is 3.13. The number of hydrogen-bond donors (Lipinski definition) is 2. The van der Waals surface area contributed by atoms with Crippen LogP contribution in [-0.4, -0.2) is 39.5 Å². The number of nitrogens with zero attached hydrogens (tertiary/aromatic N) is 1. The number of piperidine rings is 1. The number of halogens is 1. The molecule has 22 heavy (non-hydrogen) atoms. The number of benzene rings is 1. The number of hydrogen-bond acceptors (Lipinski definition) is 2. The van der Waals surface area contributed by atoms with E-state index in [1.165, 1.54) is 0 Å². The summed E-state index contributed by atoms with van der Waals surface area (Å²) in [6, 6.07) is 7.22. The quantitative estimate of drug-likeness (QED) is 0.892. The van der Waals surface area contributed by atoms with E-state index >= 15 is 0 Å². The molecule has 0 aliphatic carbocycles. The Bertz CT molecular complexity index is 740. The van der Waals surface area contributed by atoms with Crippen LogP contribution in [0.1, 0.15) is 30.3 Å². The molecule has 2 atom stereocenters. The first-order valence-electron chi connectivity index (χ1n) is 7.28. The molecule has 2 heterocycles. The van der Waals surface area contributed by atoms with E-state index in [0.717, 1.165) is 10.9 Å². The Kier molecular flexibility index (Phi) is 3.83. The molecule has 1 amide bonds. The van der Waals surface area contributed by atoms with Gasteiger partial charge in [-0.2, -0.15) is 0 Å². The fraction of sp³-hybridized carbons (Fsp3) is 0.375. The summed E-state index contributed by atoms with van der Waals surface area (Å²) in [5, 5.41) is 10.7. The van der Waals surface area contributed by atoms with Crippen LogP contribution in [0.4, 0.5) is 0 Å². The van der Waals surface area contributed by atoms with Gasteiger partial charge < -0.3 is 15.0 Å². The zero-order valence-electron chi connectivity index (χ0n) is 12.2. The molecule has 5 nitrogen and oxygen atoms in total. The number of aliphatic carboxylic acids is 1. The zero-order valence-corrected chi connectivity index (χ0v) is 12.9. The molecule has 2 N–H and O–H groups in total. The van der Waals surface area contributed by atoms with Crippen molar-refractivity contribution < 1.29 is 14.7 Å². The van der Waals surface area contributed by atoms with Gasteiger partial charge in [0.2, 0.25) is 0 Å². The molecule has 0 bridgehead atoms. The van der Waals surface area contributed by atoms with Gasteiger partial charge in [-0.05, 0) is 38.0 Å². The third kappa shape index (κ3) is 2.68. The van der Waals surface area contributed by atoms with Gasteiger partial charge in [-0.1, -0.05) is 17.7 Å². The molecule has 6 heteroatoms. The van der Waals surface area contributed by atoms with Crippen molar-refractivity contribution in [3.05, 3.63) is 35.0 Å². The van der Waals surface area contributed by atoms with Crippen molar-refractivity contribution in [3.8, 4) is 0 Å². The lowest BCUT2D eigenvalue weighted by Crippen LogP contribution is -2.47. The molecule has 1 aliphatic rings. The maximum atomic E-state index is 12.7. The van der Waals surface area contributed by atoms with Crippen LogP contribution in [0, 0.1) is 5.92 Å². The van der Waals surface area contributed by atoms with Crippen LogP contribution in [0.25, 0.3) is 10.9 Å². The summed E-state index contributed by atoms with van der Waals surface area (Å²) in [7, 11) is 0. The van der Waals surface area contributed by atoms with E-state index in [1.54, 1.807) is 23.1 Å². The average Bonchev–Trinajstić information content (AvgIpc) is 2.89. The number of rotatable bonds is 2. The van der Waals surface area contributed by atoms with E-state index < -0.39 is 11.9 Å². The molecule has 1 aromatic heterocycles. The number of H-pyrrole nitrogens is 1. The number of carboxylic acids is 1. The third-order valence-electron chi connectivity index (χ3n) is 4.31. The number of carboxylic acid groups (broad SMARTS) is 1. The summed E-state index contributed by atoms with van der Waals surface area (Å²) in [5.74, 6) is -1.49. The van der Waals surface area contributed by atoms with Gasteiger partial charge in [0, 0.05) is 28.5 Å². The second-order valence-corrected chi connectivity index (χ2v) is 6.27. The van der Waals surface area contributed by atoms with Gasteiger partial charge in [0.25, 0.3) is 5.91 Å². The third-order valence-corrected chi connectivity index (χ3v) is 4.54. The first kappa shape index (κ1) is 14.9. The molecule has 2 aromatic rings. The molecule has 0 radical (unpaired) electrons. The van der Waals surface area contributed by atoms with Crippen molar-refractivity contribution in [2.75, 3.05) is 6.54 Å². The van der Waals surface area contributed by atoms with Gasteiger partial charge in [-0.3, -0.25) is 9.59 Å². The maximum absolute atomic E-state index is 12.7. The number of carbonyl (C=O) groups is 2. The molecule has 1 aromatic carbocycles. The SMILES string of the molecule is CC1CCC(C(=O)O)CN1C(=O)c1cc2ccc(Cl)cc2[nH]1. The van der Waals surface area contributed by atoms with Crippen LogP contribution < -0.4 is 0 Å². The first-order chi connectivity index (χ1) is 10.5. The van der Waals surface area contributed by atoms with Crippen LogP contribution in [-0.2, 0) is 4.79 Å². The number of aromatic amines is 1. The predicted molar refractivity (Wildman–Crippen MR) is 84.2 cm³/mol. The van der Waals surface area contributed by atoms with Crippen LogP contribution in [0.15, 0.2) is 24.3 Å². The van der Waals surface area contributed by atoms with Crippen molar-refractivity contribution in [3.63, 3.8) is 0 Å². The second kappa shape index (κ2) is 5.65. The Hall–Kier alpha value is -2.01. The molecule has 3 rings (SSSR count). The molecular weight excluding hydrogens is 304 g/mol. The number of nitrogens with one attached hydrogen (secondary N) is 1. The van der Waals surface area contributed by atoms with Gasteiger partial charge in [0.05, 0.1) is 5.92 Å². The number of amides is 1. The lowest BCUT2D eigenvalue weighted by Gasteiger charge is -2.36. The normalized spacial score (nSPS) is 22.0. The average molecular weight is 321 g/mol. The Balaban J connectivity index is 1.88. The Morgan fingerprint density at radius 2 is 2.09 bits per heavy atom. The van der Waals surface area contributed by atoms with Gasteiger partial charge >= 0.3 is 5.97 Å². The van der Waals surface area contributed by atoms with Gasteiger partial charge in [-0.25, -0.2) is 0 Å². The summed E-state index contributed by atoms with van der Waals surface area (Å²) in [5.41, 5.74) is 1.27. The maximum Gasteiger partial charge on any atom is 0.308 e. The molecule has 2 unspecified atom stereocenters. The molecule has 1 aliphatic heterocycles. The summed E-state index contributed by atoms with van der Waals surface area (Å²) < 4.78 is 0. The summed E-state index contributed by atoms with van der Waals surface area (Å²) in [4.78, 5) is 28.6. The second-order valence-electron chi connectivity index (χ2n) is 5.83. The number of carbonyl (C=O) groups excluding carboxylic acids is 1. The number of likely N-dealkylation sites (tertiary alicyclic amines) is 1. The van der Waals surface area contributed by atoms with Gasteiger partial charge in [0.1, 0.15) is 5.69 Å². The highest BCUT2D eigenvalue weighted by Gasteiger charge is 2.33. The lowest BCUT2D eigenvalue weighted by molar-refractivity contribution is -0.143. The highest BCUT2D eigenvalue weighted by atomic mass is 35.5. The summed E-state index contributed by atoms with van der Waals surface area (Å²) in [6.45, 7) is 2.21. The highest BCUT2D eigenvalue weighted by Crippen LogP contribution is 2.26. The molecule has 116 valence electrons. The summed E-state index contributed by atoms with van der Waals surface area (Å²) >= 11 is 5.95. The molecule has 1 saturated heterocycles. The standard InChI is InChI=1S/C16H17ClN2O3/c1-9-2-3-11(16(21)22)8-19(9)15(20)14-6-10-4-5-12(17)7-13(10)18-14/h4-7,9,11,18H,2-3,8H2,1H3,(H,21,22). The Morgan fingerprint density at radius 1 is 1.32 bits per heavy atom. The monoisotopic (exact) mass is 320 g/mol. The van der Waals surface area contributed by atoms with Gasteiger partial charge in [0.15, 0.2) is 0 Å². The molecule has 0 saturated carbocycles. The van der Waals surface area contributed by atoms with E-state index in [4.69, 9.17) is 11.6 Å². The largest absolute Gasteiger partial charge is 0.481 e. The smallest absolute Gasteiger partial charge is 0.308 e. The molecule has 0 spiro atoms. The van der Waals surface area contributed by atoms with Crippen molar-refractivity contribution in [2.24, 2.45) is 5.92 Å². The number of aromatic nitrogens is 1. The minimum atomic E-state index is -0.840. The molecular formula is C16H17ClN2O3. The summed E-state index contributed by atoms with van der Waals surface area (Å²) in [6.07, 6.45) is 1.32. The minimum absolute atomic E-state index is 0.0399. The zero-order chi connectivity index (χ0) is 15.9. The fourth-order valence-electron chi connectivity index (χ4n) is 2.96. The van der Waals surface area contributed by atoms with E-state index in [0.29, 0.717) is 23.6 Å². The lowest BCUT2D eigenvalue weighted by atomic mass is 9.93. The van der Waals surface area contributed by atoms with Gasteiger partial charge in [-0.15, -0.1) is 0 Å². The van der Waals surface area contributed by atoms with E-state index in [2.05, 4.69) is 4.98 Å². The van der Waals surface area contributed by atoms with E-state index in [9.17, 15) is 14.7 Å². The minimum Gasteiger partial charge on any atom is -0.481 e. The van der Waals surface area contributed by atoms with Crippen LogP contribution in [0.5, 0.6) is 0 Å². The predicted octanol–water partition coefficient (Wildman–Crippen LogP) is 3.15. The van der Waals surface area contributed by atoms with Crippen molar-refractivity contribution in [1.82, 2.24) is 9.88 Å². The van der Waals surface area contributed by atoms with E-state index in [-0.39, 0.29) is 18.5 Å². The Labute approximate surface area is 132 Å². The van der Waals surface area contributed by atoms with Crippen LogP contribution in [0.3, 0.4) is 0 Å². The van der Waals surface area contributed by atoms with Crippen LogP contribution >= 0.6 is 11.6 Å². The van der Waals surface area contributed by atoms with Crippen molar-refractivity contribution in [2.45, 2.75) is 25.8 Å². The first-order valence-corrected chi connectivity index (χ1v) is 7.65. The van der Waals surface area contributed by atoms with E-state index in [1.807, 2.05) is 13.0 Å². The highest BCUT2D eigenvalue weighted by molar-refractivity contribution is 6.31. The van der Waals surface area contributed by atoms with Crippen molar-refractivity contribution >= 4 is 34.4 Å². The van der Waals surface area contributed by atoms with Crippen molar-refractivity contribution in [1.29, 1.82) is 0 Å². The number of fused-ring (bicyclic) bond motifs is 1. The molecule has 1 fully saturated rings. The topological polar surface area (TPSA) is 73.4 Å².